The first-order valence-electron chi connectivity index (χ1n) is 13.5. The zero-order chi connectivity index (χ0) is 21.8. The molecule has 0 spiro atoms. The van der Waals surface area contributed by atoms with Crippen molar-refractivity contribution >= 4 is 11.7 Å². The fraction of sp³-hybridized carbons (Fsp3) is 0.655. The maximum Gasteiger partial charge on any atom is 0.165 e. The standard InChI is InChI=1S/C29H41N3/c1-2-21-13-15-22(16-14-21)23-17-19-26(20-18-23)29-31-27(24-9-5-3-6-10-24)30-28(32-29)25-11-7-4-8-12-25/h5,9-11,15,21,23,26,28H,2-4,6-8,12-14,16-20H2,1H3,(H,30,31,32). The Bertz CT molecular complexity index is 861. The molecule has 32 heavy (non-hydrogen) atoms. The predicted octanol–water partition coefficient (Wildman–Crippen LogP) is 7.43. The number of rotatable bonds is 5. The molecule has 3 nitrogen and oxygen atoms in total. The van der Waals surface area contributed by atoms with E-state index in [2.05, 4.69) is 42.6 Å². The highest BCUT2D eigenvalue weighted by Crippen LogP contribution is 2.39. The Morgan fingerprint density at radius 2 is 1.72 bits per heavy atom. The molecule has 2 unspecified atom stereocenters. The van der Waals surface area contributed by atoms with E-state index in [4.69, 9.17) is 9.98 Å². The van der Waals surface area contributed by atoms with Gasteiger partial charge in [-0.2, -0.15) is 0 Å². The van der Waals surface area contributed by atoms with E-state index in [1.807, 2.05) is 0 Å². The molecule has 5 rings (SSSR count). The van der Waals surface area contributed by atoms with Crippen molar-refractivity contribution in [3.8, 4) is 0 Å². The van der Waals surface area contributed by atoms with Crippen LogP contribution in [-0.4, -0.2) is 17.8 Å². The largest absolute Gasteiger partial charge is 0.328 e. The lowest BCUT2D eigenvalue weighted by Crippen LogP contribution is -2.43. The molecule has 0 radical (unpaired) electrons. The Morgan fingerprint density at radius 3 is 2.41 bits per heavy atom. The molecular weight excluding hydrogens is 390 g/mol. The fourth-order valence-electron chi connectivity index (χ4n) is 6.26. The molecule has 2 atom stereocenters. The van der Waals surface area contributed by atoms with Gasteiger partial charge in [0.2, 0.25) is 0 Å². The Kier molecular flexibility index (Phi) is 7.10. The summed E-state index contributed by atoms with van der Waals surface area (Å²) in [7, 11) is 0. The van der Waals surface area contributed by atoms with Crippen LogP contribution in [0.2, 0.25) is 0 Å². The second-order valence-electron chi connectivity index (χ2n) is 10.5. The van der Waals surface area contributed by atoms with Crippen LogP contribution in [0, 0.1) is 17.8 Å². The monoisotopic (exact) mass is 431 g/mol. The van der Waals surface area contributed by atoms with Gasteiger partial charge >= 0.3 is 0 Å². The van der Waals surface area contributed by atoms with E-state index in [-0.39, 0.29) is 6.17 Å². The van der Waals surface area contributed by atoms with Crippen molar-refractivity contribution in [2.75, 3.05) is 0 Å². The minimum atomic E-state index is 0.00234. The van der Waals surface area contributed by atoms with Crippen molar-refractivity contribution in [1.29, 1.82) is 0 Å². The van der Waals surface area contributed by atoms with E-state index in [1.54, 1.807) is 5.57 Å². The second-order valence-corrected chi connectivity index (χ2v) is 10.5. The smallest absolute Gasteiger partial charge is 0.165 e. The van der Waals surface area contributed by atoms with Crippen LogP contribution in [-0.2, 0) is 0 Å². The van der Waals surface area contributed by atoms with Crippen molar-refractivity contribution in [3.63, 3.8) is 0 Å². The van der Waals surface area contributed by atoms with Gasteiger partial charge in [0.05, 0.1) is 0 Å². The van der Waals surface area contributed by atoms with Crippen molar-refractivity contribution in [2.24, 2.45) is 27.7 Å². The molecular formula is C29H41N3. The summed E-state index contributed by atoms with van der Waals surface area (Å²) < 4.78 is 0. The van der Waals surface area contributed by atoms with Gasteiger partial charge in [-0.3, -0.25) is 0 Å². The minimum Gasteiger partial charge on any atom is -0.328 e. The highest BCUT2D eigenvalue weighted by molar-refractivity contribution is 6.12. The number of hydrogen-bond donors (Lipinski definition) is 1. The van der Waals surface area contributed by atoms with Gasteiger partial charge in [0.1, 0.15) is 11.7 Å². The number of amidine groups is 2. The number of nitrogens with one attached hydrogen (secondary N) is 1. The van der Waals surface area contributed by atoms with Gasteiger partial charge in [-0.1, -0.05) is 49.3 Å². The van der Waals surface area contributed by atoms with E-state index in [1.165, 1.54) is 87.6 Å². The molecule has 0 aromatic carbocycles. The number of nitrogens with zero attached hydrogens (tertiary/aromatic N) is 2. The summed E-state index contributed by atoms with van der Waals surface area (Å²) in [6, 6.07) is 0. The van der Waals surface area contributed by atoms with Crippen molar-refractivity contribution in [1.82, 2.24) is 5.32 Å². The lowest BCUT2D eigenvalue weighted by molar-refractivity contribution is 0.333. The SMILES string of the molecule is CCC1CC=C(C2CCC(C3=NC(C4=CCCCC4)N=C(C4=CCCC=C4)N3)CC2)CC1. The number of hydrogen-bond acceptors (Lipinski definition) is 3. The molecule has 0 amide bonds. The second kappa shape index (κ2) is 10.4. The van der Waals surface area contributed by atoms with Crippen LogP contribution in [0.25, 0.3) is 0 Å². The summed E-state index contributed by atoms with van der Waals surface area (Å²) in [5, 5.41) is 3.71. The predicted molar refractivity (Wildman–Crippen MR) is 136 cm³/mol. The molecule has 0 aromatic heterocycles. The van der Waals surface area contributed by atoms with Gasteiger partial charge in [-0.15, -0.1) is 0 Å². The van der Waals surface area contributed by atoms with E-state index < -0.39 is 0 Å². The van der Waals surface area contributed by atoms with Crippen LogP contribution in [0.15, 0.2) is 57.1 Å². The molecule has 3 heteroatoms. The van der Waals surface area contributed by atoms with Crippen molar-refractivity contribution in [2.45, 2.75) is 103 Å². The average molecular weight is 432 g/mol. The van der Waals surface area contributed by atoms with Gasteiger partial charge in [-0.05, 0) is 101 Å². The number of aliphatic imine (C=N–C) groups is 2. The maximum absolute atomic E-state index is 5.22. The first-order valence-corrected chi connectivity index (χ1v) is 13.5. The lowest BCUT2D eigenvalue weighted by atomic mass is 9.74. The topological polar surface area (TPSA) is 36.8 Å². The van der Waals surface area contributed by atoms with Crippen LogP contribution < -0.4 is 5.32 Å². The summed E-state index contributed by atoms with van der Waals surface area (Å²) in [6.07, 6.45) is 29.7. The first-order chi connectivity index (χ1) is 15.8. The Hall–Kier alpha value is -1.90. The van der Waals surface area contributed by atoms with Gasteiger partial charge < -0.3 is 5.32 Å². The summed E-state index contributed by atoms with van der Waals surface area (Å²) >= 11 is 0. The van der Waals surface area contributed by atoms with E-state index >= 15 is 0 Å². The fourth-order valence-corrected chi connectivity index (χ4v) is 6.26. The van der Waals surface area contributed by atoms with Gasteiger partial charge in [0.15, 0.2) is 6.17 Å². The summed E-state index contributed by atoms with van der Waals surface area (Å²) in [6.45, 7) is 2.35. The molecule has 0 saturated heterocycles. The first kappa shape index (κ1) is 21.9. The van der Waals surface area contributed by atoms with Gasteiger partial charge in [-0.25, -0.2) is 9.98 Å². The normalized spacial score (nSPS) is 33.3. The lowest BCUT2D eigenvalue weighted by Gasteiger charge is -2.35. The maximum atomic E-state index is 5.22. The third kappa shape index (κ3) is 5.02. The summed E-state index contributed by atoms with van der Waals surface area (Å²) in [5.74, 6) is 4.59. The molecule has 4 aliphatic carbocycles. The molecule has 1 fully saturated rings. The van der Waals surface area contributed by atoms with E-state index in [9.17, 15) is 0 Å². The molecule has 172 valence electrons. The third-order valence-corrected chi connectivity index (χ3v) is 8.46. The van der Waals surface area contributed by atoms with E-state index in [0.29, 0.717) is 5.92 Å². The molecule has 1 N–H and O–H groups in total. The Morgan fingerprint density at radius 1 is 0.844 bits per heavy atom. The van der Waals surface area contributed by atoms with Crippen LogP contribution in [0.1, 0.15) is 96.8 Å². The molecule has 5 aliphatic rings. The highest BCUT2D eigenvalue weighted by Gasteiger charge is 2.31. The average Bonchev–Trinajstić information content (AvgIpc) is 2.89. The Labute approximate surface area is 195 Å². The summed E-state index contributed by atoms with van der Waals surface area (Å²) in [4.78, 5) is 10.3. The minimum absolute atomic E-state index is 0.00234. The molecule has 1 saturated carbocycles. The van der Waals surface area contributed by atoms with Crippen molar-refractivity contribution < 1.29 is 0 Å². The molecule has 0 aromatic rings. The van der Waals surface area contributed by atoms with Gasteiger partial charge in [0, 0.05) is 11.5 Å². The molecule has 1 aliphatic heterocycles. The van der Waals surface area contributed by atoms with Gasteiger partial charge in [0.25, 0.3) is 0 Å². The van der Waals surface area contributed by atoms with Crippen LogP contribution in [0.3, 0.4) is 0 Å². The zero-order valence-electron chi connectivity index (χ0n) is 20.0. The van der Waals surface area contributed by atoms with E-state index in [0.717, 1.165) is 36.9 Å². The highest BCUT2D eigenvalue weighted by atomic mass is 15.2. The zero-order valence-corrected chi connectivity index (χ0v) is 20.0. The third-order valence-electron chi connectivity index (χ3n) is 8.46. The van der Waals surface area contributed by atoms with Crippen molar-refractivity contribution in [3.05, 3.63) is 47.1 Å². The van der Waals surface area contributed by atoms with Crippen LogP contribution in [0.4, 0.5) is 0 Å². The van der Waals surface area contributed by atoms with Crippen LogP contribution in [0.5, 0.6) is 0 Å². The summed E-state index contributed by atoms with van der Waals surface area (Å²) in [5.41, 5.74) is 4.48. The van der Waals surface area contributed by atoms with Crippen LogP contribution >= 0.6 is 0 Å². The Balaban J connectivity index is 1.29. The molecule has 0 bridgehead atoms. The number of allylic oxidation sites excluding steroid dienone is 5. The molecule has 1 heterocycles. The quantitative estimate of drug-likeness (QED) is 0.451.